The van der Waals surface area contributed by atoms with E-state index in [0.29, 0.717) is 0 Å². The van der Waals surface area contributed by atoms with Gasteiger partial charge in [0.05, 0.1) is 18.2 Å². The van der Waals surface area contributed by atoms with Gasteiger partial charge in [0.15, 0.2) is 0 Å². The molecule has 0 spiro atoms. The van der Waals surface area contributed by atoms with Crippen LogP contribution in [0, 0.1) is 6.92 Å². The van der Waals surface area contributed by atoms with E-state index >= 15 is 0 Å². The van der Waals surface area contributed by atoms with Crippen LogP contribution >= 0.6 is 0 Å². The molecule has 0 aliphatic heterocycles. The van der Waals surface area contributed by atoms with E-state index in [9.17, 15) is 0 Å². The minimum atomic E-state index is -0.236. The Hall–Kier alpha value is -1.61. The van der Waals surface area contributed by atoms with Gasteiger partial charge in [-0.1, -0.05) is 29.8 Å². The number of rotatable bonds is 3. The smallest absolute Gasteiger partial charge is 0.0951 e. The Morgan fingerprint density at radius 1 is 1.24 bits per heavy atom. The van der Waals surface area contributed by atoms with Crippen molar-refractivity contribution in [1.82, 2.24) is 9.55 Å². The number of hydrogen-bond donors (Lipinski definition) is 1. The summed E-state index contributed by atoms with van der Waals surface area (Å²) in [7, 11) is 0. The highest BCUT2D eigenvalue weighted by Gasteiger charge is 2.14. The van der Waals surface area contributed by atoms with Crippen molar-refractivity contribution in [3.05, 3.63) is 42.4 Å². The van der Waals surface area contributed by atoms with Gasteiger partial charge in [-0.15, -0.1) is 0 Å². The number of hydrogen-bond acceptors (Lipinski definition) is 2. The Kier molecular flexibility index (Phi) is 3.03. The maximum atomic E-state index is 6.05. The molecule has 3 heteroatoms. The predicted octanol–water partition coefficient (Wildman–Crippen LogP) is 2.60. The van der Waals surface area contributed by atoms with Crippen molar-refractivity contribution in [1.29, 1.82) is 0 Å². The molecule has 1 aromatic heterocycles. The summed E-state index contributed by atoms with van der Waals surface area (Å²) in [5, 5.41) is 0. The molecule has 0 radical (unpaired) electrons. The first kappa shape index (κ1) is 11.9. The van der Waals surface area contributed by atoms with Gasteiger partial charge in [0, 0.05) is 12.1 Å². The van der Waals surface area contributed by atoms with Crippen molar-refractivity contribution in [3.63, 3.8) is 0 Å². The molecule has 90 valence electrons. The summed E-state index contributed by atoms with van der Waals surface area (Å²) < 4.78 is 2.10. The van der Waals surface area contributed by atoms with E-state index in [1.807, 2.05) is 26.4 Å². The van der Waals surface area contributed by atoms with Crippen molar-refractivity contribution in [2.75, 3.05) is 0 Å². The molecule has 0 fully saturated rings. The van der Waals surface area contributed by atoms with E-state index in [0.717, 1.165) is 12.2 Å². The SMILES string of the molecule is Cc1ccc(-c2cncn2CC(C)(C)N)cc1. The Morgan fingerprint density at radius 3 is 2.47 bits per heavy atom. The third kappa shape index (κ3) is 2.94. The van der Waals surface area contributed by atoms with Crippen LogP contribution in [-0.4, -0.2) is 15.1 Å². The van der Waals surface area contributed by atoms with E-state index in [1.54, 1.807) is 0 Å². The van der Waals surface area contributed by atoms with Crippen molar-refractivity contribution in [3.8, 4) is 11.3 Å². The summed E-state index contributed by atoms with van der Waals surface area (Å²) in [5.74, 6) is 0. The Balaban J connectivity index is 2.33. The molecule has 3 nitrogen and oxygen atoms in total. The fraction of sp³-hybridized carbons (Fsp3) is 0.357. The fourth-order valence-electron chi connectivity index (χ4n) is 1.85. The fourth-order valence-corrected chi connectivity index (χ4v) is 1.85. The Labute approximate surface area is 102 Å². The minimum Gasteiger partial charge on any atom is -0.329 e. The summed E-state index contributed by atoms with van der Waals surface area (Å²) in [6.45, 7) is 6.89. The molecule has 0 aliphatic rings. The van der Waals surface area contributed by atoms with E-state index in [2.05, 4.69) is 40.7 Å². The van der Waals surface area contributed by atoms with Gasteiger partial charge < -0.3 is 10.3 Å². The van der Waals surface area contributed by atoms with Gasteiger partial charge in [0.25, 0.3) is 0 Å². The lowest BCUT2D eigenvalue weighted by molar-refractivity contribution is 0.436. The lowest BCUT2D eigenvalue weighted by Gasteiger charge is -2.20. The molecule has 0 saturated carbocycles. The zero-order valence-corrected chi connectivity index (χ0v) is 10.6. The normalized spacial score (nSPS) is 11.8. The predicted molar refractivity (Wildman–Crippen MR) is 70.7 cm³/mol. The van der Waals surface area contributed by atoms with Gasteiger partial charge in [0.1, 0.15) is 0 Å². The molecular weight excluding hydrogens is 210 g/mol. The first-order valence-electron chi connectivity index (χ1n) is 5.82. The molecule has 0 unspecified atom stereocenters. The molecule has 0 bridgehead atoms. The van der Waals surface area contributed by atoms with E-state index < -0.39 is 0 Å². The third-order valence-corrected chi connectivity index (χ3v) is 2.64. The first-order valence-corrected chi connectivity index (χ1v) is 5.82. The topological polar surface area (TPSA) is 43.8 Å². The Bertz CT molecular complexity index is 489. The van der Waals surface area contributed by atoms with Gasteiger partial charge in [-0.25, -0.2) is 4.98 Å². The van der Waals surface area contributed by atoms with Gasteiger partial charge >= 0.3 is 0 Å². The van der Waals surface area contributed by atoms with E-state index in [-0.39, 0.29) is 5.54 Å². The summed E-state index contributed by atoms with van der Waals surface area (Å²) in [6, 6.07) is 8.46. The van der Waals surface area contributed by atoms with Crippen LogP contribution in [0.1, 0.15) is 19.4 Å². The molecule has 1 aromatic carbocycles. The van der Waals surface area contributed by atoms with Crippen LogP contribution in [0.3, 0.4) is 0 Å². The van der Waals surface area contributed by atoms with Gasteiger partial charge in [0.2, 0.25) is 0 Å². The summed E-state index contributed by atoms with van der Waals surface area (Å²) in [5.41, 5.74) is 9.37. The zero-order valence-electron chi connectivity index (χ0n) is 10.6. The zero-order chi connectivity index (χ0) is 12.5. The van der Waals surface area contributed by atoms with E-state index in [4.69, 9.17) is 5.73 Å². The molecular formula is C14H19N3. The Morgan fingerprint density at radius 2 is 1.88 bits per heavy atom. The second kappa shape index (κ2) is 4.34. The highest BCUT2D eigenvalue weighted by Crippen LogP contribution is 2.20. The number of aryl methyl sites for hydroxylation is 1. The lowest BCUT2D eigenvalue weighted by Crippen LogP contribution is -2.37. The van der Waals surface area contributed by atoms with Crippen molar-refractivity contribution >= 4 is 0 Å². The molecule has 0 atom stereocenters. The van der Waals surface area contributed by atoms with Crippen molar-refractivity contribution < 1.29 is 0 Å². The molecule has 2 rings (SSSR count). The summed E-state index contributed by atoms with van der Waals surface area (Å²) >= 11 is 0. The molecule has 2 N–H and O–H groups in total. The average Bonchev–Trinajstić information content (AvgIpc) is 2.64. The van der Waals surface area contributed by atoms with Crippen LogP contribution in [0.2, 0.25) is 0 Å². The standard InChI is InChI=1S/C14H19N3/c1-11-4-6-12(7-5-11)13-8-16-10-17(13)9-14(2,3)15/h4-8,10H,9,15H2,1-3H3. The van der Waals surface area contributed by atoms with Gasteiger partial charge in [-0.3, -0.25) is 0 Å². The second-order valence-corrected chi connectivity index (χ2v) is 5.26. The van der Waals surface area contributed by atoms with Crippen LogP contribution in [-0.2, 0) is 6.54 Å². The molecule has 0 aliphatic carbocycles. The molecule has 0 saturated heterocycles. The molecule has 0 amide bonds. The maximum absolute atomic E-state index is 6.05. The highest BCUT2D eigenvalue weighted by atomic mass is 15.1. The molecule has 1 heterocycles. The van der Waals surface area contributed by atoms with Crippen LogP contribution in [0.15, 0.2) is 36.8 Å². The third-order valence-electron chi connectivity index (χ3n) is 2.64. The number of nitrogens with two attached hydrogens (primary N) is 1. The number of nitrogens with zero attached hydrogens (tertiary/aromatic N) is 2. The molecule has 2 aromatic rings. The summed E-state index contributed by atoms with van der Waals surface area (Å²) in [4.78, 5) is 4.21. The lowest BCUT2D eigenvalue weighted by atomic mass is 10.1. The minimum absolute atomic E-state index is 0.236. The molecule has 17 heavy (non-hydrogen) atoms. The first-order chi connectivity index (χ1) is 7.96. The van der Waals surface area contributed by atoms with Gasteiger partial charge in [-0.2, -0.15) is 0 Å². The monoisotopic (exact) mass is 229 g/mol. The highest BCUT2D eigenvalue weighted by molar-refractivity contribution is 5.59. The summed E-state index contributed by atoms with van der Waals surface area (Å²) in [6.07, 6.45) is 3.72. The van der Waals surface area contributed by atoms with Crippen LogP contribution in [0.5, 0.6) is 0 Å². The van der Waals surface area contributed by atoms with Crippen molar-refractivity contribution in [2.45, 2.75) is 32.9 Å². The largest absolute Gasteiger partial charge is 0.329 e. The number of imidazole rings is 1. The van der Waals surface area contributed by atoms with Gasteiger partial charge in [-0.05, 0) is 26.3 Å². The van der Waals surface area contributed by atoms with Crippen LogP contribution in [0.25, 0.3) is 11.3 Å². The maximum Gasteiger partial charge on any atom is 0.0951 e. The quantitative estimate of drug-likeness (QED) is 0.879. The van der Waals surface area contributed by atoms with Crippen molar-refractivity contribution in [2.24, 2.45) is 5.73 Å². The second-order valence-electron chi connectivity index (χ2n) is 5.26. The van der Waals surface area contributed by atoms with Crippen LogP contribution in [0.4, 0.5) is 0 Å². The van der Waals surface area contributed by atoms with E-state index in [1.165, 1.54) is 11.1 Å². The average molecular weight is 229 g/mol. The van der Waals surface area contributed by atoms with Crippen LogP contribution < -0.4 is 5.73 Å². The number of benzene rings is 1. The number of aromatic nitrogens is 2.